The second-order valence-electron chi connectivity index (χ2n) is 5.87. The van der Waals surface area contributed by atoms with Crippen LogP contribution in [0.4, 0.5) is 10.7 Å². The van der Waals surface area contributed by atoms with Crippen molar-refractivity contribution in [2.45, 2.75) is 32.6 Å². The molecule has 2 rings (SSSR count). The first-order chi connectivity index (χ1) is 12.2. The van der Waals surface area contributed by atoms with E-state index in [1.54, 1.807) is 25.4 Å². The molecule has 1 aromatic heterocycles. The number of aromatic nitrogens is 2. The first-order valence-electron chi connectivity index (χ1n) is 8.91. The third-order valence-corrected chi connectivity index (χ3v) is 4.04. The van der Waals surface area contributed by atoms with Crippen molar-refractivity contribution in [3.05, 3.63) is 18.5 Å². The van der Waals surface area contributed by atoms with E-state index in [2.05, 4.69) is 20.2 Å². The number of unbranched alkanes of at least 4 members (excludes halogenated alkanes) is 2. The van der Waals surface area contributed by atoms with Gasteiger partial charge in [0.25, 0.3) is 0 Å². The number of esters is 1. The third kappa shape index (κ3) is 6.56. The number of amides is 2. The lowest BCUT2D eigenvalue weighted by Gasteiger charge is -2.34. The van der Waals surface area contributed by atoms with Crippen molar-refractivity contribution in [1.29, 1.82) is 0 Å². The number of nitrogens with one attached hydrogen (secondary N) is 1. The zero-order valence-electron chi connectivity index (χ0n) is 14.8. The maximum absolute atomic E-state index is 12.2. The minimum absolute atomic E-state index is 0.0287. The van der Waals surface area contributed by atoms with E-state index in [0.717, 1.165) is 32.4 Å². The van der Waals surface area contributed by atoms with Crippen LogP contribution < -0.4 is 10.2 Å². The zero-order chi connectivity index (χ0) is 17.9. The molecule has 0 aliphatic carbocycles. The van der Waals surface area contributed by atoms with E-state index in [9.17, 15) is 9.59 Å². The van der Waals surface area contributed by atoms with Crippen LogP contribution in [0.15, 0.2) is 18.5 Å². The summed E-state index contributed by atoms with van der Waals surface area (Å²) in [4.78, 5) is 35.7. The summed E-state index contributed by atoms with van der Waals surface area (Å²) >= 11 is 0. The smallest absolute Gasteiger partial charge is 0.317 e. The van der Waals surface area contributed by atoms with Crippen molar-refractivity contribution in [3.63, 3.8) is 0 Å². The molecule has 0 unspecified atom stereocenters. The van der Waals surface area contributed by atoms with Crippen molar-refractivity contribution >= 4 is 17.9 Å². The predicted octanol–water partition coefficient (Wildman–Crippen LogP) is 1.43. The van der Waals surface area contributed by atoms with E-state index in [4.69, 9.17) is 4.74 Å². The minimum atomic E-state index is -0.146. The Morgan fingerprint density at radius 1 is 1.12 bits per heavy atom. The van der Waals surface area contributed by atoms with Gasteiger partial charge in [-0.15, -0.1) is 0 Å². The van der Waals surface area contributed by atoms with Gasteiger partial charge in [-0.25, -0.2) is 14.8 Å². The normalized spacial score (nSPS) is 14.3. The summed E-state index contributed by atoms with van der Waals surface area (Å²) < 4.78 is 4.88. The molecule has 1 aliphatic heterocycles. The fraction of sp³-hybridized carbons (Fsp3) is 0.647. The van der Waals surface area contributed by atoms with Gasteiger partial charge in [-0.2, -0.15) is 0 Å². The summed E-state index contributed by atoms with van der Waals surface area (Å²) in [6.45, 7) is 5.65. The minimum Gasteiger partial charge on any atom is -0.466 e. The van der Waals surface area contributed by atoms with Crippen molar-refractivity contribution in [1.82, 2.24) is 20.2 Å². The standard InChI is InChI=1S/C17H27N5O3/c1-2-25-15(23)7-4-3-5-8-20-17(24)22-13-11-21(12-14-22)16-18-9-6-10-19-16/h6,9-10H,2-5,7-8,11-14H2,1H3,(H,20,24). The number of anilines is 1. The van der Waals surface area contributed by atoms with Crippen molar-refractivity contribution < 1.29 is 14.3 Å². The molecule has 8 nitrogen and oxygen atoms in total. The predicted molar refractivity (Wildman–Crippen MR) is 94.3 cm³/mol. The Balaban J connectivity index is 1.56. The molecule has 1 saturated heterocycles. The number of carbonyl (C=O) groups excluding carboxylic acids is 2. The van der Waals surface area contributed by atoms with Crippen LogP contribution in [0.3, 0.4) is 0 Å². The van der Waals surface area contributed by atoms with E-state index < -0.39 is 0 Å². The van der Waals surface area contributed by atoms with E-state index in [0.29, 0.717) is 38.6 Å². The van der Waals surface area contributed by atoms with Crippen molar-refractivity contribution in [3.8, 4) is 0 Å². The number of rotatable bonds is 8. The molecule has 0 radical (unpaired) electrons. The molecule has 0 atom stereocenters. The summed E-state index contributed by atoms with van der Waals surface area (Å²) in [5.74, 6) is 0.566. The Bertz CT molecular complexity index is 532. The Morgan fingerprint density at radius 3 is 2.52 bits per heavy atom. The molecule has 0 saturated carbocycles. The average molecular weight is 349 g/mol. The first-order valence-corrected chi connectivity index (χ1v) is 8.91. The van der Waals surface area contributed by atoms with Gasteiger partial charge in [-0.05, 0) is 25.8 Å². The summed E-state index contributed by atoms with van der Waals surface area (Å²) in [5.41, 5.74) is 0. The maximum atomic E-state index is 12.2. The molecular formula is C17H27N5O3. The Hall–Kier alpha value is -2.38. The number of urea groups is 1. The number of carbonyl (C=O) groups is 2. The molecule has 0 aromatic carbocycles. The lowest BCUT2D eigenvalue weighted by atomic mass is 10.2. The van der Waals surface area contributed by atoms with Crippen LogP contribution in [0.25, 0.3) is 0 Å². The number of nitrogens with zero attached hydrogens (tertiary/aromatic N) is 4. The monoisotopic (exact) mass is 349 g/mol. The molecule has 2 amide bonds. The van der Waals surface area contributed by atoms with E-state index >= 15 is 0 Å². The van der Waals surface area contributed by atoms with Crippen LogP contribution in [0, 0.1) is 0 Å². The lowest BCUT2D eigenvalue weighted by Crippen LogP contribution is -2.52. The molecule has 1 aliphatic rings. The molecule has 8 heteroatoms. The van der Waals surface area contributed by atoms with Gasteiger partial charge in [-0.3, -0.25) is 4.79 Å². The fourth-order valence-corrected chi connectivity index (χ4v) is 2.68. The van der Waals surface area contributed by atoms with Crippen LogP contribution in [0.1, 0.15) is 32.6 Å². The van der Waals surface area contributed by atoms with Gasteiger partial charge >= 0.3 is 12.0 Å². The van der Waals surface area contributed by atoms with Gasteiger partial charge in [0, 0.05) is 51.5 Å². The lowest BCUT2D eigenvalue weighted by molar-refractivity contribution is -0.143. The van der Waals surface area contributed by atoms with Gasteiger partial charge in [-0.1, -0.05) is 6.42 Å². The third-order valence-electron chi connectivity index (χ3n) is 4.04. The Morgan fingerprint density at radius 2 is 1.84 bits per heavy atom. The molecule has 138 valence electrons. The van der Waals surface area contributed by atoms with Gasteiger partial charge in [0.05, 0.1) is 6.61 Å². The van der Waals surface area contributed by atoms with Crippen LogP contribution >= 0.6 is 0 Å². The topological polar surface area (TPSA) is 87.7 Å². The molecule has 0 spiro atoms. The van der Waals surface area contributed by atoms with Crippen molar-refractivity contribution in [2.75, 3.05) is 44.2 Å². The fourth-order valence-electron chi connectivity index (χ4n) is 2.68. The van der Waals surface area contributed by atoms with E-state index in [-0.39, 0.29) is 12.0 Å². The highest BCUT2D eigenvalue weighted by atomic mass is 16.5. The van der Waals surface area contributed by atoms with Crippen LogP contribution in [0.2, 0.25) is 0 Å². The number of hydrogen-bond donors (Lipinski definition) is 1. The molecule has 1 N–H and O–H groups in total. The summed E-state index contributed by atoms with van der Waals surface area (Å²) in [6.07, 6.45) is 6.46. The Kier molecular flexibility index (Phi) is 7.94. The first kappa shape index (κ1) is 19.0. The SMILES string of the molecule is CCOC(=O)CCCCCNC(=O)N1CCN(c2ncccn2)CC1. The van der Waals surface area contributed by atoms with Crippen LogP contribution in [-0.2, 0) is 9.53 Å². The van der Waals surface area contributed by atoms with Crippen molar-refractivity contribution in [2.24, 2.45) is 0 Å². The van der Waals surface area contributed by atoms with E-state index in [1.165, 1.54) is 0 Å². The largest absolute Gasteiger partial charge is 0.466 e. The summed E-state index contributed by atoms with van der Waals surface area (Å²) in [6, 6.07) is 1.76. The number of piperazine rings is 1. The molecule has 1 aromatic rings. The highest BCUT2D eigenvalue weighted by Gasteiger charge is 2.21. The zero-order valence-corrected chi connectivity index (χ0v) is 14.8. The van der Waals surface area contributed by atoms with Gasteiger partial charge < -0.3 is 19.9 Å². The Labute approximate surface area is 148 Å². The molecular weight excluding hydrogens is 322 g/mol. The molecule has 25 heavy (non-hydrogen) atoms. The van der Waals surface area contributed by atoms with Gasteiger partial charge in [0.15, 0.2) is 0 Å². The van der Waals surface area contributed by atoms with Crippen LogP contribution in [-0.4, -0.2) is 66.2 Å². The van der Waals surface area contributed by atoms with E-state index in [1.807, 2.05) is 4.90 Å². The second-order valence-corrected chi connectivity index (χ2v) is 5.87. The maximum Gasteiger partial charge on any atom is 0.317 e. The van der Waals surface area contributed by atoms with Gasteiger partial charge in [0.2, 0.25) is 5.95 Å². The number of hydrogen-bond acceptors (Lipinski definition) is 6. The second kappa shape index (κ2) is 10.5. The summed E-state index contributed by atoms with van der Waals surface area (Å²) in [7, 11) is 0. The summed E-state index contributed by atoms with van der Waals surface area (Å²) in [5, 5.41) is 2.94. The average Bonchev–Trinajstić information content (AvgIpc) is 2.65. The van der Waals surface area contributed by atoms with Crippen LogP contribution in [0.5, 0.6) is 0 Å². The molecule has 2 heterocycles. The quantitative estimate of drug-likeness (QED) is 0.564. The number of ether oxygens (including phenoxy) is 1. The molecule has 0 bridgehead atoms. The molecule has 1 fully saturated rings. The van der Waals surface area contributed by atoms with Gasteiger partial charge in [0.1, 0.15) is 0 Å². The highest BCUT2D eigenvalue weighted by molar-refractivity contribution is 5.74. The highest BCUT2D eigenvalue weighted by Crippen LogP contribution is 2.09.